The molecule has 2 heteroatoms. The fraction of sp³-hybridized carbons (Fsp3) is 0.941. The van der Waals surface area contributed by atoms with E-state index in [4.69, 9.17) is 0 Å². The SMILES string of the molecule is CCC(C12CC3CC(CC(C3)C1)C2)C(C)(C)C(=O)O. The lowest BCUT2D eigenvalue weighted by Gasteiger charge is -2.61. The summed E-state index contributed by atoms with van der Waals surface area (Å²) < 4.78 is 0. The van der Waals surface area contributed by atoms with Gasteiger partial charge in [-0.05, 0) is 81.5 Å². The van der Waals surface area contributed by atoms with Crippen LogP contribution >= 0.6 is 0 Å². The van der Waals surface area contributed by atoms with Gasteiger partial charge in [0.2, 0.25) is 0 Å². The van der Waals surface area contributed by atoms with Crippen LogP contribution < -0.4 is 0 Å². The van der Waals surface area contributed by atoms with E-state index in [2.05, 4.69) is 6.92 Å². The molecular weight excluding hydrogens is 236 g/mol. The van der Waals surface area contributed by atoms with Crippen molar-refractivity contribution in [2.45, 2.75) is 65.7 Å². The zero-order valence-corrected chi connectivity index (χ0v) is 12.6. The lowest BCUT2D eigenvalue weighted by molar-refractivity contribution is -0.164. The van der Waals surface area contributed by atoms with Gasteiger partial charge in [0.15, 0.2) is 0 Å². The maximum absolute atomic E-state index is 11.7. The number of carboxylic acids is 1. The van der Waals surface area contributed by atoms with Gasteiger partial charge in [-0.25, -0.2) is 0 Å². The van der Waals surface area contributed by atoms with E-state index in [9.17, 15) is 9.90 Å². The van der Waals surface area contributed by atoms with Crippen molar-refractivity contribution >= 4 is 5.97 Å². The lowest BCUT2D eigenvalue weighted by atomic mass is 9.43. The molecule has 1 atom stereocenters. The molecule has 0 aromatic heterocycles. The average molecular weight is 264 g/mol. The van der Waals surface area contributed by atoms with Gasteiger partial charge in [-0.3, -0.25) is 4.79 Å². The van der Waals surface area contributed by atoms with Gasteiger partial charge in [0.25, 0.3) is 0 Å². The predicted octanol–water partition coefficient (Wildman–Crippen LogP) is 4.34. The molecule has 4 rings (SSSR count). The second-order valence-corrected chi connectivity index (χ2v) is 8.27. The third kappa shape index (κ3) is 1.94. The molecule has 0 heterocycles. The summed E-state index contributed by atoms with van der Waals surface area (Å²) in [5.41, 5.74) is -0.216. The number of carbonyl (C=O) groups is 1. The molecule has 4 bridgehead atoms. The van der Waals surface area contributed by atoms with Crippen molar-refractivity contribution in [2.24, 2.45) is 34.5 Å². The zero-order chi connectivity index (χ0) is 13.8. The van der Waals surface area contributed by atoms with Crippen molar-refractivity contribution in [3.8, 4) is 0 Å². The quantitative estimate of drug-likeness (QED) is 0.820. The molecule has 4 saturated carbocycles. The standard InChI is InChI=1S/C17H28O2/c1-4-14(16(2,3)15(18)19)17-8-11-5-12(9-17)7-13(6-11)10-17/h11-14H,4-10H2,1-3H3,(H,18,19). The number of hydrogen-bond acceptors (Lipinski definition) is 1. The van der Waals surface area contributed by atoms with Gasteiger partial charge in [-0.2, -0.15) is 0 Å². The molecule has 19 heavy (non-hydrogen) atoms. The van der Waals surface area contributed by atoms with Crippen molar-refractivity contribution in [2.75, 3.05) is 0 Å². The van der Waals surface area contributed by atoms with E-state index < -0.39 is 11.4 Å². The van der Waals surface area contributed by atoms with Crippen LogP contribution in [0.1, 0.15) is 65.7 Å². The van der Waals surface area contributed by atoms with Crippen LogP contribution in [0.2, 0.25) is 0 Å². The van der Waals surface area contributed by atoms with Crippen LogP contribution in [-0.2, 0) is 4.79 Å². The predicted molar refractivity (Wildman–Crippen MR) is 75.8 cm³/mol. The van der Waals surface area contributed by atoms with Gasteiger partial charge >= 0.3 is 5.97 Å². The van der Waals surface area contributed by atoms with Crippen LogP contribution in [0.15, 0.2) is 0 Å². The van der Waals surface area contributed by atoms with E-state index >= 15 is 0 Å². The van der Waals surface area contributed by atoms with Crippen LogP contribution in [0.4, 0.5) is 0 Å². The smallest absolute Gasteiger partial charge is 0.309 e. The van der Waals surface area contributed by atoms with Crippen molar-refractivity contribution in [3.05, 3.63) is 0 Å². The topological polar surface area (TPSA) is 37.3 Å². The van der Waals surface area contributed by atoms with Gasteiger partial charge in [0.05, 0.1) is 5.41 Å². The van der Waals surface area contributed by atoms with Gasteiger partial charge in [-0.15, -0.1) is 0 Å². The first-order valence-electron chi connectivity index (χ1n) is 8.11. The molecule has 0 aromatic rings. The Balaban J connectivity index is 1.93. The number of carboxylic acid groups (broad SMARTS) is 1. The maximum atomic E-state index is 11.7. The minimum atomic E-state index is -0.602. The second-order valence-electron chi connectivity index (χ2n) is 8.27. The molecule has 0 amide bonds. The molecule has 4 aliphatic rings. The minimum Gasteiger partial charge on any atom is -0.481 e. The summed E-state index contributed by atoms with van der Waals surface area (Å²) in [4.78, 5) is 11.7. The average Bonchev–Trinajstić information content (AvgIpc) is 2.26. The summed E-state index contributed by atoms with van der Waals surface area (Å²) in [5.74, 6) is 2.47. The second kappa shape index (κ2) is 4.23. The first-order chi connectivity index (χ1) is 8.87. The number of hydrogen-bond donors (Lipinski definition) is 1. The van der Waals surface area contributed by atoms with Crippen molar-refractivity contribution in [3.63, 3.8) is 0 Å². The Labute approximate surface area is 117 Å². The van der Waals surface area contributed by atoms with E-state index in [1.807, 2.05) is 13.8 Å². The highest BCUT2D eigenvalue weighted by atomic mass is 16.4. The summed E-state index contributed by atoms with van der Waals surface area (Å²) in [7, 11) is 0. The summed E-state index contributed by atoms with van der Waals surface area (Å²) in [6, 6.07) is 0. The van der Waals surface area contributed by atoms with Crippen LogP contribution in [0.25, 0.3) is 0 Å². The fourth-order valence-electron chi connectivity index (χ4n) is 6.46. The molecule has 1 N–H and O–H groups in total. The Morgan fingerprint density at radius 2 is 1.58 bits per heavy atom. The van der Waals surface area contributed by atoms with Gasteiger partial charge in [-0.1, -0.05) is 13.3 Å². The highest BCUT2D eigenvalue weighted by molar-refractivity contribution is 5.74. The normalized spacial score (nSPS) is 42.4. The fourth-order valence-corrected chi connectivity index (χ4v) is 6.46. The molecule has 4 aliphatic carbocycles. The monoisotopic (exact) mass is 264 g/mol. The molecule has 0 spiro atoms. The molecule has 4 fully saturated rings. The van der Waals surface area contributed by atoms with Crippen molar-refractivity contribution in [1.29, 1.82) is 0 Å². The maximum Gasteiger partial charge on any atom is 0.309 e. The largest absolute Gasteiger partial charge is 0.481 e. The molecule has 0 radical (unpaired) electrons. The van der Waals surface area contributed by atoms with E-state index in [0.717, 1.165) is 24.2 Å². The molecular formula is C17H28O2. The van der Waals surface area contributed by atoms with Crippen molar-refractivity contribution in [1.82, 2.24) is 0 Å². The van der Waals surface area contributed by atoms with Crippen LogP contribution in [0.5, 0.6) is 0 Å². The zero-order valence-electron chi connectivity index (χ0n) is 12.6. The summed E-state index contributed by atoms with van der Waals surface area (Å²) in [5, 5.41) is 9.64. The van der Waals surface area contributed by atoms with Crippen LogP contribution in [0.3, 0.4) is 0 Å². The number of aliphatic carboxylic acids is 1. The Bertz CT molecular complexity index is 347. The van der Waals surface area contributed by atoms with Gasteiger partial charge < -0.3 is 5.11 Å². The molecule has 0 aromatic carbocycles. The Kier molecular flexibility index (Phi) is 3.00. The summed E-state index contributed by atoms with van der Waals surface area (Å²) in [6.07, 6.45) is 9.26. The third-order valence-corrected chi connectivity index (χ3v) is 6.66. The van der Waals surface area contributed by atoms with Crippen LogP contribution in [-0.4, -0.2) is 11.1 Å². The van der Waals surface area contributed by atoms with Crippen molar-refractivity contribution < 1.29 is 9.90 Å². The van der Waals surface area contributed by atoms with E-state index in [-0.39, 0.29) is 0 Å². The molecule has 0 aliphatic heterocycles. The molecule has 108 valence electrons. The Morgan fingerprint density at radius 3 is 1.89 bits per heavy atom. The summed E-state index contributed by atoms with van der Waals surface area (Å²) >= 11 is 0. The minimum absolute atomic E-state index is 0.353. The van der Waals surface area contributed by atoms with E-state index in [0.29, 0.717) is 11.3 Å². The van der Waals surface area contributed by atoms with E-state index in [1.165, 1.54) is 38.5 Å². The van der Waals surface area contributed by atoms with E-state index in [1.54, 1.807) is 0 Å². The molecule has 1 unspecified atom stereocenters. The van der Waals surface area contributed by atoms with Gasteiger partial charge in [0, 0.05) is 0 Å². The Hall–Kier alpha value is -0.530. The molecule has 2 nitrogen and oxygen atoms in total. The highest BCUT2D eigenvalue weighted by Gasteiger charge is 2.57. The highest BCUT2D eigenvalue weighted by Crippen LogP contribution is 2.65. The molecule has 0 saturated heterocycles. The van der Waals surface area contributed by atoms with Gasteiger partial charge in [0.1, 0.15) is 0 Å². The lowest BCUT2D eigenvalue weighted by Crippen LogP contribution is -2.54. The number of rotatable bonds is 4. The first kappa shape index (κ1) is 13.5. The first-order valence-corrected chi connectivity index (χ1v) is 8.11. The third-order valence-electron chi connectivity index (χ3n) is 6.66. The Morgan fingerprint density at radius 1 is 1.16 bits per heavy atom. The summed E-state index contributed by atoms with van der Waals surface area (Å²) in [6.45, 7) is 6.12. The van der Waals surface area contributed by atoms with Crippen LogP contribution in [0, 0.1) is 34.5 Å².